The van der Waals surface area contributed by atoms with Gasteiger partial charge in [0.1, 0.15) is 0 Å². The van der Waals surface area contributed by atoms with Gasteiger partial charge in [-0.25, -0.2) is 9.97 Å². The van der Waals surface area contributed by atoms with Gasteiger partial charge in [-0.3, -0.25) is 14.9 Å². The molecule has 0 saturated carbocycles. The Morgan fingerprint density at radius 1 is 1.40 bits per heavy atom. The number of nitrogens with zero attached hydrogens (tertiary/aromatic N) is 2. The summed E-state index contributed by atoms with van der Waals surface area (Å²) in [4.78, 5) is 33.0. The van der Waals surface area contributed by atoms with Gasteiger partial charge in [0.25, 0.3) is 0 Å². The Morgan fingerprint density at radius 3 is 2.92 bits per heavy atom. The van der Waals surface area contributed by atoms with Gasteiger partial charge in [0.15, 0.2) is 5.78 Å². The molecule has 25 heavy (non-hydrogen) atoms. The van der Waals surface area contributed by atoms with Crippen molar-refractivity contribution >= 4 is 29.2 Å². The molecule has 0 spiro atoms. The van der Waals surface area contributed by atoms with Crippen LogP contribution in [0.3, 0.4) is 0 Å². The van der Waals surface area contributed by atoms with Crippen molar-refractivity contribution in [3.63, 3.8) is 0 Å². The van der Waals surface area contributed by atoms with Gasteiger partial charge >= 0.3 is 0 Å². The van der Waals surface area contributed by atoms with Gasteiger partial charge in [0.05, 0.1) is 11.3 Å². The minimum atomic E-state index is -0.115. The minimum Gasteiger partial charge on any atom is -0.294 e. The molecule has 0 radical (unpaired) electrons. The Labute approximate surface area is 151 Å². The van der Waals surface area contributed by atoms with Gasteiger partial charge in [0, 0.05) is 23.6 Å². The highest BCUT2D eigenvalue weighted by Gasteiger charge is 2.28. The number of Topliss-reactive ketones (excluding diaryl/α,β-unsaturated/α-hetero) is 1. The van der Waals surface area contributed by atoms with E-state index >= 15 is 0 Å². The second-order valence-electron chi connectivity index (χ2n) is 6.44. The molecule has 130 valence electrons. The summed E-state index contributed by atoms with van der Waals surface area (Å²) >= 11 is 6.07. The molecule has 2 atom stereocenters. The molecular formula is C19H20ClN3O2. The Bertz CT molecular complexity index is 822. The van der Waals surface area contributed by atoms with Gasteiger partial charge in [-0.1, -0.05) is 37.6 Å². The quantitative estimate of drug-likeness (QED) is 0.896. The van der Waals surface area contributed by atoms with Crippen LogP contribution in [0.4, 0.5) is 5.95 Å². The summed E-state index contributed by atoms with van der Waals surface area (Å²) in [6.45, 7) is 3.80. The standard InChI is InChI=1S/C19H20ClN3O2/c1-3-11(2)18(25)23-19-21-10-15-16(22-19)8-13(9-17(15)24)12-5-4-6-14(20)7-12/h4-7,10-11,13H,3,8-9H2,1-2H3,(H,21,22,23,25). The first-order chi connectivity index (χ1) is 12.0. The zero-order valence-corrected chi connectivity index (χ0v) is 15.0. The number of ketones is 1. The van der Waals surface area contributed by atoms with Crippen molar-refractivity contribution in [2.24, 2.45) is 5.92 Å². The smallest absolute Gasteiger partial charge is 0.229 e. The number of hydrogen-bond acceptors (Lipinski definition) is 4. The highest BCUT2D eigenvalue weighted by atomic mass is 35.5. The number of carbonyl (C=O) groups is 2. The van der Waals surface area contributed by atoms with Gasteiger partial charge in [-0.2, -0.15) is 0 Å². The minimum absolute atomic E-state index is 0.0195. The molecule has 1 aromatic carbocycles. The van der Waals surface area contributed by atoms with E-state index in [0.717, 1.165) is 12.0 Å². The largest absolute Gasteiger partial charge is 0.294 e. The van der Waals surface area contributed by atoms with Crippen molar-refractivity contribution < 1.29 is 9.59 Å². The maximum atomic E-state index is 12.4. The first-order valence-corrected chi connectivity index (χ1v) is 8.81. The fourth-order valence-electron chi connectivity index (χ4n) is 2.92. The number of anilines is 1. The van der Waals surface area contributed by atoms with Crippen LogP contribution < -0.4 is 5.32 Å². The number of aromatic nitrogens is 2. The first-order valence-electron chi connectivity index (χ1n) is 8.43. The Balaban J connectivity index is 1.85. The third-order valence-corrected chi connectivity index (χ3v) is 4.89. The molecule has 1 amide bonds. The van der Waals surface area contributed by atoms with Crippen LogP contribution in [0.1, 0.15) is 54.2 Å². The number of fused-ring (bicyclic) bond motifs is 1. The Hall–Kier alpha value is -2.27. The van der Waals surface area contributed by atoms with Crippen LogP contribution in [0.5, 0.6) is 0 Å². The molecular weight excluding hydrogens is 338 g/mol. The molecule has 0 aliphatic heterocycles. The maximum absolute atomic E-state index is 12.4. The van der Waals surface area contributed by atoms with E-state index in [2.05, 4.69) is 15.3 Å². The van der Waals surface area contributed by atoms with Crippen molar-refractivity contribution in [1.82, 2.24) is 9.97 Å². The van der Waals surface area contributed by atoms with Crippen molar-refractivity contribution in [2.75, 3.05) is 5.32 Å². The van der Waals surface area contributed by atoms with Crippen molar-refractivity contribution in [3.05, 3.63) is 52.3 Å². The summed E-state index contributed by atoms with van der Waals surface area (Å²) in [6, 6.07) is 7.56. The molecule has 5 nitrogen and oxygen atoms in total. The fraction of sp³-hybridized carbons (Fsp3) is 0.368. The van der Waals surface area contributed by atoms with E-state index in [1.165, 1.54) is 6.20 Å². The van der Waals surface area contributed by atoms with Gasteiger partial charge in [-0.05, 0) is 36.5 Å². The molecule has 1 heterocycles. The van der Waals surface area contributed by atoms with Crippen LogP contribution in [0.25, 0.3) is 0 Å². The summed E-state index contributed by atoms with van der Waals surface area (Å²) in [7, 11) is 0. The predicted octanol–water partition coefficient (Wildman–Crippen LogP) is 4.03. The van der Waals surface area contributed by atoms with Crippen LogP contribution in [-0.4, -0.2) is 21.7 Å². The highest BCUT2D eigenvalue weighted by Crippen LogP contribution is 2.32. The van der Waals surface area contributed by atoms with E-state index in [1.807, 2.05) is 38.1 Å². The first kappa shape index (κ1) is 17.5. The fourth-order valence-corrected chi connectivity index (χ4v) is 3.12. The van der Waals surface area contributed by atoms with E-state index in [-0.39, 0.29) is 29.5 Å². The summed E-state index contributed by atoms with van der Waals surface area (Å²) in [6.07, 6.45) is 3.29. The molecule has 0 saturated heterocycles. The maximum Gasteiger partial charge on any atom is 0.229 e. The molecule has 0 bridgehead atoms. The Morgan fingerprint density at radius 2 is 2.20 bits per heavy atom. The van der Waals surface area contributed by atoms with Gasteiger partial charge in [0.2, 0.25) is 11.9 Å². The average Bonchev–Trinajstić information content (AvgIpc) is 2.60. The molecule has 1 aromatic heterocycles. The third kappa shape index (κ3) is 3.87. The number of carbonyl (C=O) groups excluding carboxylic acids is 2. The number of nitrogens with one attached hydrogen (secondary N) is 1. The molecule has 3 rings (SSSR count). The van der Waals surface area contributed by atoms with Gasteiger partial charge in [-0.15, -0.1) is 0 Å². The number of hydrogen-bond donors (Lipinski definition) is 1. The van der Waals surface area contributed by atoms with E-state index in [0.29, 0.717) is 29.1 Å². The summed E-state index contributed by atoms with van der Waals surface area (Å²) in [5, 5.41) is 3.38. The predicted molar refractivity (Wildman–Crippen MR) is 97.0 cm³/mol. The summed E-state index contributed by atoms with van der Waals surface area (Å²) in [5.41, 5.74) is 2.24. The van der Waals surface area contributed by atoms with E-state index in [9.17, 15) is 9.59 Å². The monoisotopic (exact) mass is 357 g/mol. The van der Waals surface area contributed by atoms with Crippen LogP contribution in [0.2, 0.25) is 5.02 Å². The topological polar surface area (TPSA) is 72.0 Å². The van der Waals surface area contributed by atoms with Crippen molar-refractivity contribution in [2.45, 2.75) is 39.0 Å². The summed E-state index contributed by atoms with van der Waals surface area (Å²) < 4.78 is 0. The second-order valence-corrected chi connectivity index (χ2v) is 6.87. The molecule has 2 aromatic rings. The normalized spacial score (nSPS) is 17.7. The van der Waals surface area contributed by atoms with Gasteiger partial charge < -0.3 is 0 Å². The molecule has 1 N–H and O–H groups in total. The zero-order valence-electron chi connectivity index (χ0n) is 14.3. The molecule has 2 unspecified atom stereocenters. The SMILES string of the molecule is CCC(C)C(=O)Nc1ncc2c(n1)CC(c1cccc(Cl)c1)CC2=O. The number of amides is 1. The van der Waals surface area contributed by atoms with Crippen LogP contribution >= 0.6 is 11.6 Å². The molecule has 1 aliphatic rings. The number of rotatable bonds is 4. The Kier molecular flexibility index (Phi) is 5.13. The van der Waals surface area contributed by atoms with Crippen LogP contribution in [-0.2, 0) is 11.2 Å². The number of benzene rings is 1. The average molecular weight is 358 g/mol. The highest BCUT2D eigenvalue weighted by molar-refractivity contribution is 6.30. The second kappa shape index (κ2) is 7.31. The van der Waals surface area contributed by atoms with Crippen LogP contribution in [0.15, 0.2) is 30.5 Å². The summed E-state index contributed by atoms with van der Waals surface area (Å²) in [5.74, 6) is 0.0813. The lowest BCUT2D eigenvalue weighted by atomic mass is 9.82. The van der Waals surface area contributed by atoms with Crippen molar-refractivity contribution in [3.8, 4) is 0 Å². The van der Waals surface area contributed by atoms with E-state index in [4.69, 9.17) is 11.6 Å². The zero-order chi connectivity index (χ0) is 18.0. The van der Waals surface area contributed by atoms with Crippen LogP contribution in [0, 0.1) is 5.92 Å². The number of halogens is 1. The lowest BCUT2D eigenvalue weighted by molar-refractivity contribution is -0.119. The molecule has 1 aliphatic carbocycles. The lowest BCUT2D eigenvalue weighted by Crippen LogP contribution is -2.24. The molecule has 0 fully saturated rings. The molecule has 6 heteroatoms. The van der Waals surface area contributed by atoms with E-state index in [1.54, 1.807) is 0 Å². The van der Waals surface area contributed by atoms with E-state index < -0.39 is 0 Å². The lowest BCUT2D eigenvalue weighted by Gasteiger charge is -2.23. The van der Waals surface area contributed by atoms with Crippen molar-refractivity contribution in [1.29, 1.82) is 0 Å². The third-order valence-electron chi connectivity index (χ3n) is 4.65.